The highest BCUT2D eigenvalue weighted by atomic mass is 16.5. The average Bonchev–Trinajstić information content (AvgIpc) is 3.38. The zero-order chi connectivity index (χ0) is 34.9. The molecule has 48 heavy (non-hydrogen) atoms. The number of nitrogens with two attached hydrogens (primary N) is 1. The number of ether oxygens (including phenoxy) is 1. The van der Waals surface area contributed by atoms with Crippen molar-refractivity contribution in [2.75, 3.05) is 0 Å². The van der Waals surface area contributed by atoms with Gasteiger partial charge in [-0.2, -0.15) is 0 Å². The average molecular weight is 669 g/mol. The molecular weight excluding hydrogens is 600 g/mol. The van der Waals surface area contributed by atoms with Gasteiger partial charge in [-0.1, -0.05) is 54.9 Å². The number of amides is 1. The van der Waals surface area contributed by atoms with E-state index in [2.05, 4.69) is 39.9 Å². The van der Waals surface area contributed by atoms with E-state index in [0.29, 0.717) is 48.1 Å². The van der Waals surface area contributed by atoms with Crippen LogP contribution in [0.15, 0.2) is 0 Å². The molecular formula is C41H68N2O5. The maximum atomic E-state index is 13.6. The molecule has 0 heterocycles. The van der Waals surface area contributed by atoms with Crippen molar-refractivity contribution in [3.63, 3.8) is 0 Å². The van der Waals surface area contributed by atoms with E-state index in [9.17, 15) is 19.5 Å². The number of nitrogens with one attached hydrogen (secondary N) is 1. The van der Waals surface area contributed by atoms with Crippen molar-refractivity contribution < 1.29 is 24.2 Å². The summed E-state index contributed by atoms with van der Waals surface area (Å²) < 4.78 is 6.26. The summed E-state index contributed by atoms with van der Waals surface area (Å²) in [7, 11) is 0. The van der Waals surface area contributed by atoms with Gasteiger partial charge in [0.1, 0.15) is 6.10 Å². The third-order valence-electron chi connectivity index (χ3n) is 16.7. The predicted octanol–water partition coefficient (Wildman–Crippen LogP) is 8.42. The number of rotatable bonds is 8. The number of aliphatic carboxylic acids is 1. The van der Waals surface area contributed by atoms with Crippen LogP contribution in [0.1, 0.15) is 164 Å². The molecule has 7 heteroatoms. The fourth-order valence-electron chi connectivity index (χ4n) is 14.1. The number of carbonyl (C=O) groups excluding carboxylic acids is 2. The Kier molecular flexibility index (Phi) is 9.46. The molecule has 6 rings (SSSR count). The van der Waals surface area contributed by atoms with Gasteiger partial charge in [0, 0.05) is 23.9 Å². The summed E-state index contributed by atoms with van der Waals surface area (Å²) in [6, 6.07) is 0.605. The van der Waals surface area contributed by atoms with Gasteiger partial charge in [0.15, 0.2) is 0 Å². The van der Waals surface area contributed by atoms with E-state index >= 15 is 0 Å². The summed E-state index contributed by atoms with van der Waals surface area (Å²) in [4.78, 5) is 38.1. The van der Waals surface area contributed by atoms with Crippen LogP contribution in [0.4, 0.5) is 0 Å². The van der Waals surface area contributed by atoms with E-state index in [0.717, 1.165) is 38.5 Å². The van der Waals surface area contributed by atoms with Crippen LogP contribution in [0.3, 0.4) is 0 Å². The first-order valence-electron chi connectivity index (χ1n) is 19.8. The molecule has 0 aromatic heterocycles. The standard InChI is InChI=1S/C41H68N2O5/c1-36(2,24-34(45)46)25-35(47)48-32-17-19-38(5)30(37(32,3)4)16-20-40(7)31(38)15-14-28-29-9-8-18-41(29,22-21-39(28,40)6)23-33(44)43-27-12-10-26(42)11-13-27/h26-32H,8-25,42H2,1-7H3,(H,43,44)(H,45,46)/t26-,27+,28-,29-,30?,31?,32+,38+,39-,40-,41-/m1/s1. The molecule has 7 nitrogen and oxygen atoms in total. The number of hydrogen-bond donors (Lipinski definition) is 3. The molecule has 0 radical (unpaired) electrons. The Hall–Kier alpha value is -1.63. The number of fused-ring (bicyclic) bond motifs is 7. The lowest BCUT2D eigenvalue weighted by molar-refractivity contribution is -0.248. The van der Waals surface area contributed by atoms with E-state index in [1.807, 2.05) is 13.8 Å². The van der Waals surface area contributed by atoms with Crippen molar-refractivity contribution in [2.45, 2.75) is 182 Å². The lowest BCUT2D eigenvalue weighted by atomic mass is 9.32. The smallest absolute Gasteiger partial charge is 0.306 e. The molecule has 2 unspecified atom stereocenters. The van der Waals surface area contributed by atoms with E-state index in [1.165, 1.54) is 57.8 Å². The normalized spacial score (nSPS) is 45.1. The molecule has 9 atom stereocenters. The number of esters is 1. The van der Waals surface area contributed by atoms with Gasteiger partial charge in [0.05, 0.1) is 12.8 Å². The highest BCUT2D eigenvalue weighted by Crippen LogP contribution is 2.77. The van der Waals surface area contributed by atoms with E-state index in [1.54, 1.807) is 0 Å². The van der Waals surface area contributed by atoms with Gasteiger partial charge >= 0.3 is 11.9 Å². The molecule has 0 aromatic rings. The van der Waals surface area contributed by atoms with Gasteiger partial charge in [-0.15, -0.1) is 0 Å². The van der Waals surface area contributed by atoms with Crippen LogP contribution in [0, 0.1) is 56.2 Å². The summed E-state index contributed by atoms with van der Waals surface area (Å²) >= 11 is 0. The van der Waals surface area contributed by atoms with Gasteiger partial charge in [-0.3, -0.25) is 14.4 Å². The van der Waals surface area contributed by atoms with E-state index in [4.69, 9.17) is 10.5 Å². The Balaban J connectivity index is 1.16. The topological polar surface area (TPSA) is 119 Å². The van der Waals surface area contributed by atoms with E-state index in [-0.39, 0.29) is 52.0 Å². The summed E-state index contributed by atoms with van der Waals surface area (Å²) in [6.07, 6.45) is 17.9. The Bertz CT molecular complexity index is 1260. The zero-order valence-electron chi connectivity index (χ0n) is 31.4. The lowest BCUT2D eigenvalue weighted by Crippen LogP contribution is -2.66. The Labute approximate surface area is 291 Å². The molecule has 0 aliphatic heterocycles. The van der Waals surface area contributed by atoms with Gasteiger partial charge in [0.25, 0.3) is 0 Å². The fraction of sp³-hybridized carbons (Fsp3) is 0.927. The quantitative estimate of drug-likeness (QED) is 0.224. The molecule has 4 N–H and O–H groups in total. The second kappa shape index (κ2) is 12.5. The van der Waals surface area contributed by atoms with Crippen LogP contribution >= 0.6 is 0 Å². The predicted molar refractivity (Wildman–Crippen MR) is 189 cm³/mol. The van der Waals surface area contributed by atoms with Crippen molar-refractivity contribution in [3.8, 4) is 0 Å². The molecule has 272 valence electrons. The van der Waals surface area contributed by atoms with Gasteiger partial charge in [-0.05, 0) is 141 Å². The van der Waals surface area contributed by atoms with Crippen LogP contribution in [0.5, 0.6) is 0 Å². The van der Waals surface area contributed by atoms with Crippen LogP contribution in [-0.4, -0.2) is 41.1 Å². The van der Waals surface area contributed by atoms with Crippen molar-refractivity contribution >= 4 is 17.8 Å². The van der Waals surface area contributed by atoms with Crippen LogP contribution in [-0.2, 0) is 19.1 Å². The van der Waals surface area contributed by atoms with Gasteiger partial charge < -0.3 is 20.9 Å². The molecule has 0 aromatic carbocycles. The molecule has 0 saturated heterocycles. The summed E-state index contributed by atoms with van der Waals surface area (Å²) in [5, 5.41) is 12.8. The SMILES string of the molecule is CC(C)(CC(=O)O)CC(=O)O[C@H]1CC[C@@]2(C)C(CC[C@]3(C)C2CC[C@@H]2[C@H]4CCC[C@]4(CC(=O)N[C@H]4CC[C@@H](N)CC4)CC[C@]23C)C1(C)C. The summed E-state index contributed by atoms with van der Waals surface area (Å²) in [5.74, 6) is 1.63. The van der Waals surface area contributed by atoms with E-state index < -0.39 is 11.4 Å². The second-order valence-electron chi connectivity index (χ2n) is 20.1. The van der Waals surface area contributed by atoms with Crippen LogP contribution in [0.25, 0.3) is 0 Å². The second-order valence-corrected chi connectivity index (χ2v) is 20.1. The first kappa shape index (κ1) is 36.2. The number of hydrogen-bond acceptors (Lipinski definition) is 5. The van der Waals surface area contributed by atoms with Crippen molar-refractivity contribution in [1.29, 1.82) is 0 Å². The van der Waals surface area contributed by atoms with Gasteiger partial charge in [-0.25, -0.2) is 0 Å². The third-order valence-corrected chi connectivity index (χ3v) is 16.7. The number of carbonyl (C=O) groups is 3. The molecule has 6 aliphatic carbocycles. The monoisotopic (exact) mass is 669 g/mol. The molecule has 6 aliphatic rings. The molecule has 1 amide bonds. The highest BCUT2D eigenvalue weighted by molar-refractivity contribution is 5.77. The minimum absolute atomic E-state index is 0.0396. The highest BCUT2D eigenvalue weighted by Gasteiger charge is 2.70. The molecule has 6 saturated carbocycles. The van der Waals surface area contributed by atoms with Gasteiger partial charge in [0.2, 0.25) is 5.91 Å². The largest absolute Gasteiger partial charge is 0.481 e. The summed E-state index contributed by atoms with van der Waals surface area (Å²) in [5.41, 5.74) is 6.30. The third kappa shape index (κ3) is 6.06. The molecule has 6 fully saturated rings. The Morgan fingerprint density at radius 3 is 2.17 bits per heavy atom. The van der Waals surface area contributed by atoms with Crippen LogP contribution in [0.2, 0.25) is 0 Å². The summed E-state index contributed by atoms with van der Waals surface area (Å²) in [6.45, 7) is 16.3. The fourth-order valence-corrected chi connectivity index (χ4v) is 14.1. The molecule has 0 spiro atoms. The number of carboxylic acid groups (broad SMARTS) is 1. The van der Waals surface area contributed by atoms with Crippen molar-refractivity contribution in [1.82, 2.24) is 5.32 Å². The minimum Gasteiger partial charge on any atom is -0.481 e. The first-order valence-corrected chi connectivity index (χ1v) is 19.8. The lowest BCUT2D eigenvalue weighted by Gasteiger charge is -2.72. The zero-order valence-corrected chi connectivity index (χ0v) is 31.4. The first-order chi connectivity index (χ1) is 22.4. The number of carboxylic acids is 1. The maximum Gasteiger partial charge on any atom is 0.306 e. The van der Waals surface area contributed by atoms with Crippen LogP contribution < -0.4 is 11.1 Å². The van der Waals surface area contributed by atoms with Crippen molar-refractivity contribution in [3.05, 3.63) is 0 Å². The maximum absolute atomic E-state index is 13.6. The molecule has 0 bridgehead atoms. The minimum atomic E-state index is -0.877. The Morgan fingerprint density at radius 2 is 1.48 bits per heavy atom. The Morgan fingerprint density at radius 1 is 0.771 bits per heavy atom. The van der Waals surface area contributed by atoms with Crippen molar-refractivity contribution in [2.24, 2.45) is 61.9 Å².